The van der Waals surface area contributed by atoms with E-state index in [9.17, 15) is 14.0 Å². The van der Waals surface area contributed by atoms with Gasteiger partial charge in [-0.05, 0) is 63.5 Å². The summed E-state index contributed by atoms with van der Waals surface area (Å²) < 4.78 is 25.5. The fraction of sp³-hybridized carbons (Fsp3) is 0.467. The van der Waals surface area contributed by atoms with Gasteiger partial charge in [0.05, 0.1) is 23.8 Å². The zero-order valence-corrected chi connectivity index (χ0v) is 23.2. The Bertz CT molecular complexity index is 1280. The summed E-state index contributed by atoms with van der Waals surface area (Å²) in [5, 5.41) is 0.853. The molecule has 2 aromatic rings. The quantitative estimate of drug-likeness (QED) is 0.477. The number of hydrogen-bond donors (Lipinski definition) is 2. The minimum atomic E-state index is -0.860. The van der Waals surface area contributed by atoms with Crippen molar-refractivity contribution in [3.05, 3.63) is 72.7 Å². The van der Waals surface area contributed by atoms with Gasteiger partial charge in [-0.25, -0.2) is 9.18 Å². The molecule has 8 nitrogen and oxygen atoms in total. The van der Waals surface area contributed by atoms with Crippen LogP contribution in [-0.4, -0.2) is 76.3 Å². The molecule has 0 aliphatic carbocycles. The van der Waals surface area contributed by atoms with Crippen molar-refractivity contribution in [2.75, 3.05) is 19.7 Å². The zero-order valence-electron chi connectivity index (χ0n) is 23.2. The molecule has 0 radical (unpaired) electrons. The standard InChI is InChI=1S/C30H39FN4O4/c1-7-9-19(8-2)17-38-29(37)35-16-23(22-15-33-24-14-20(31)10-11-21(22)24)27-25(35)12-13-34(27)28(36)26(32)18(3)39-30(4,5)6/h7-11,14-15,18,23,25-27,33H,1-2,12-13,16-17,32H2,3-6H3/b19-9+/t18?,23-,25-,26?,27-/m1/s1. The first kappa shape index (κ1) is 28.6. The number of nitrogens with zero attached hydrogens (tertiary/aromatic N) is 2. The van der Waals surface area contributed by atoms with Gasteiger partial charge in [0.1, 0.15) is 18.5 Å². The smallest absolute Gasteiger partial charge is 0.410 e. The molecule has 0 bridgehead atoms. The van der Waals surface area contributed by atoms with E-state index in [1.807, 2.05) is 27.0 Å². The molecular weight excluding hydrogens is 499 g/mol. The number of rotatable bonds is 8. The summed E-state index contributed by atoms with van der Waals surface area (Å²) in [6.07, 6.45) is 6.45. The van der Waals surface area contributed by atoms with Crippen LogP contribution in [0.15, 0.2) is 61.4 Å². The van der Waals surface area contributed by atoms with E-state index in [1.165, 1.54) is 12.1 Å². The Morgan fingerprint density at radius 1 is 1.28 bits per heavy atom. The zero-order chi connectivity index (χ0) is 28.5. The van der Waals surface area contributed by atoms with Crippen LogP contribution < -0.4 is 5.73 Å². The second-order valence-electron chi connectivity index (χ2n) is 11.3. The Hall–Kier alpha value is -3.43. The molecule has 2 unspecified atom stereocenters. The van der Waals surface area contributed by atoms with Crippen molar-refractivity contribution in [3.63, 3.8) is 0 Å². The van der Waals surface area contributed by atoms with Crippen molar-refractivity contribution >= 4 is 22.9 Å². The van der Waals surface area contributed by atoms with E-state index in [0.29, 0.717) is 25.0 Å². The van der Waals surface area contributed by atoms with Gasteiger partial charge in [-0.1, -0.05) is 31.4 Å². The maximum Gasteiger partial charge on any atom is 0.410 e. The number of nitrogens with one attached hydrogen (secondary N) is 1. The average Bonchev–Trinajstić information content (AvgIpc) is 3.58. The van der Waals surface area contributed by atoms with E-state index in [4.69, 9.17) is 15.2 Å². The lowest BCUT2D eigenvalue weighted by atomic mass is 9.91. The van der Waals surface area contributed by atoms with Gasteiger partial charge in [0.25, 0.3) is 0 Å². The molecule has 1 aromatic heterocycles. The normalized spacial score (nSPS) is 23.0. The minimum Gasteiger partial charge on any atom is -0.445 e. The van der Waals surface area contributed by atoms with Gasteiger partial charge in [0, 0.05) is 36.1 Å². The number of likely N-dealkylation sites (tertiary alicyclic amines) is 2. The van der Waals surface area contributed by atoms with Crippen LogP contribution in [0.4, 0.5) is 9.18 Å². The molecule has 2 aliphatic heterocycles. The first-order chi connectivity index (χ1) is 18.4. The summed E-state index contributed by atoms with van der Waals surface area (Å²) in [6.45, 7) is 15.9. The third-order valence-corrected chi connectivity index (χ3v) is 7.51. The monoisotopic (exact) mass is 538 g/mol. The predicted octanol–water partition coefficient (Wildman–Crippen LogP) is 4.64. The number of allylic oxidation sites excluding steroid dienone is 2. The van der Waals surface area contributed by atoms with Crippen LogP contribution in [0.2, 0.25) is 0 Å². The number of halogens is 1. The molecule has 0 saturated carbocycles. The number of amides is 2. The molecule has 3 heterocycles. The Morgan fingerprint density at radius 3 is 2.69 bits per heavy atom. The van der Waals surface area contributed by atoms with Gasteiger partial charge in [-0.15, -0.1) is 0 Å². The van der Waals surface area contributed by atoms with Crippen molar-refractivity contribution in [2.45, 2.75) is 69.9 Å². The maximum absolute atomic E-state index is 13.9. The van der Waals surface area contributed by atoms with E-state index < -0.39 is 23.8 Å². The fourth-order valence-corrected chi connectivity index (χ4v) is 5.83. The van der Waals surface area contributed by atoms with Crippen LogP contribution in [0.3, 0.4) is 0 Å². The highest BCUT2D eigenvalue weighted by atomic mass is 19.1. The predicted molar refractivity (Wildman–Crippen MR) is 150 cm³/mol. The van der Waals surface area contributed by atoms with Gasteiger partial charge >= 0.3 is 6.09 Å². The van der Waals surface area contributed by atoms with Gasteiger partial charge in [0.15, 0.2) is 0 Å². The second kappa shape index (κ2) is 11.4. The molecule has 39 heavy (non-hydrogen) atoms. The van der Waals surface area contributed by atoms with Crippen molar-refractivity contribution in [2.24, 2.45) is 5.73 Å². The highest BCUT2D eigenvalue weighted by Gasteiger charge is 2.54. The third kappa shape index (κ3) is 5.94. The van der Waals surface area contributed by atoms with Crippen LogP contribution >= 0.6 is 0 Å². The van der Waals surface area contributed by atoms with Crippen molar-refractivity contribution in [1.82, 2.24) is 14.8 Å². The number of fused-ring (bicyclic) bond motifs is 2. The molecule has 5 atom stereocenters. The Kier molecular flexibility index (Phi) is 8.32. The largest absolute Gasteiger partial charge is 0.445 e. The first-order valence-corrected chi connectivity index (χ1v) is 13.3. The molecular formula is C30H39FN4O4. The van der Waals surface area contributed by atoms with Gasteiger partial charge in [-0.3, -0.25) is 4.79 Å². The topological polar surface area (TPSA) is 101 Å². The lowest BCUT2D eigenvalue weighted by Gasteiger charge is -2.34. The molecule has 3 N–H and O–H groups in total. The molecule has 2 saturated heterocycles. The van der Waals surface area contributed by atoms with Gasteiger partial charge < -0.3 is 30.0 Å². The van der Waals surface area contributed by atoms with E-state index in [2.05, 4.69) is 18.1 Å². The Balaban J connectivity index is 1.64. The Morgan fingerprint density at radius 2 is 2.03 bits per heavy atom. The van der Waals surface area contributed by atoms with Crippen molar-refractivity contribution < 1.29 is 23.5 Å². The van der Waals surface area contributed by atoms with Crippen LogP contribution in [0.1, 0.15) is 45.6 Å². The highest BCUT2D eigenvalue weighted by Crippen LogP contribution is 2.43. The highest BCUT2D eigenvalue weighted by molar-refractivity contribution is 5.86. The summed E-state index contributed by atoms with van der Waals surface area (Å²) in [5.74, 6) is -0.775. The maximum atomic E-state index is 13.9. The minimum absolute atomic E-state index is 0.0639. The number of carbonyl (C=O) groups excluding carboxylic acids is 2. The number of hydrogen-bond acceptors (Lipinski definition) is 5. The number of nitrogens with two attached hydrogens (primary N) is 1. The SMILES string of the molecule is C=C/C=C(\C=C)COC(=O)N1C[C@H](c2c[nH]c3cc(F)ccc23)[C@@H]2[C@H]1CCN2C(=O)C(N)C(C)OC(C)(C)C. The first-order valence-electron chi connectivity index (χ1n) is 13.3. The average molecular weight is 539 g/mol. The molecule has 2 amide bonds. The van der Waals surface area contributed by atoms with Crippen molar-refractivity contribution in [3.8, 4) is 0 Å². The lowest BCUT2D eigenvalue weighted by molar-refractivity contribution is -0.140. The molecule has 1 aromatic carbocycles. The third-order valence-electron chi connectivity index (χ3n) is 7.51. The van der Waals surface area contributed by atoms with Crippen LogP contribution in [0.5, 0.6) is 0 Å². The fourth-order valence-electron chi connectivity index (χ4n) is 5.83. The molecule has 2 aliphatic rings. The second-order valence-corrected chi connectivity index (χ2v) is 11.3. The Labute approximate surface area is 229 Å². The van der Waals surface area contributed by atoms with E-state index in [-0.39, 0.29) is 36.3 Å². The van der Waals surface area contributed by atoms with E-state index in [1.54, 1.807) is 41.0 Å². The summed E-state index contributed by atoms with van der Waals surface area (Å²) in [4.78, 5) is 33.7. The molecule has 2 fully saturated rings. The number of ether oxygens (including phenoxy) is 2. The van der Waals surface area contributed by atoms with E-state index in [0.717, 1.165) is 16.5 Å². The number of aromatic amines is 1. The lowest BCUT2D eigenvalue weighted by Crippen LogP contribution is -2.54. The molecule has 210 valence electrons. The summed E-state index contributed by atoms with van der Waals surface area (Å²) in [5.41, 5.74) is 8.28. The summed E-state index contributed by atoms with van der Waals surface area (Å²) in [7, 11) is 0. The number of aromatic nitrogens is 1. The summed E-state index contributed by atoms with van der Waals surface area (Å²) in [6, 6.07) is 3.16. The van der Waals surface area contributed by atoms with E-state index >= 15 is 0 Å². The number of carbonyl (C=O) groups is 2. The molecule has 4 rings (SSSR count). The van der Waals surface area contributed by atoms with Crippen LogP contribution in [0, 0.1) is 5.82 Å². The molecule has 9 heteroatoms. The van der Waals surface area contributed by atoms with Crippen molar-refractivity contribution in [1.29, 1.82) is 0 Å². The van der Waals surface area contributed by atoms with Crippen LogP contribution in [-0.2, 0) is 14.3 Å². The van der Waals surface area contributed by atoms with Gasteiger partial charge in [-0.2, -0.15) is 0 Å². The summed E-state index contributed by atoms with van der Waals surface area (Å²) >= 11 is 0. The van der Waals surface area contributed by atoms with Gasteiger partial charge in [0.2, 0.25) is 5.91 Å². The number of H-pyrrole nitrogens is 1. The number of benzene rings is 1. The molecule has 0 spiro atoms. The van der Waals surface area contributed by atoms with Crippen LogP contribution in [0.25, 0.3) is 10.9 Å².